The molecule has 128 valence electrons. The van der Waals surface area contributed by atoms with Crippen LogP contribution in [0.5, 0.6) is 0 Å². The van der Waals surface area contributed by atoms with Crippen molar-refractivity contribution >= 4 is 17.5 Å². The van der Waals surface area contributed by atoms with E-state index in [1.165, 1.54) is 11.1 Å². The molecule has 2 N–H and O–H groups in total. The van der Waals surface area contributed by atoms with Crippen LogP contribution in [-0.2, 0) is 0 Å². The summed E-state index contributed by atoms with van der Waals surface area (Å²) < 4.78 is 0. The Bertz CT molecular complexity index is 839. The maximum atomic E-state index is 4.60. The highest BCUT2D eigenvalue weighted by Gasteiger charge is 2.09. The van der Waals surface area contributed by atoms with Gasteiger partial charge in [-0.15, -0.1) is 0 Å². The van der Waals surface area contributed by atoms with Gasteiger partial charge >= 0.3 is 0 Å². The molecule has 0 unspecified atom stereocenters. The molecule has 0 aliphatic rings. The quantitative estimate of drug-likeness (QED) is 0.707. The average molecular weight is 333 g/mol. The van der Waals surface area contributed by atoms with Crippen molar-refractivity contribution in [1.29, 1.82) is 0 Å². The van der Waals surface area contributed by atoms with Gasteiger partial charge in [-0.25, -0.2) is 4.98 Å². The zero-order chi connectivity index (χ0) is 17.8. The van der Waals surface area contributed by atoms with Gasteiger partial charge in [0.05, 0.1) is 11.4 Å². The highest BCUT2D eigenvalue weighted by atomic mass is 15.2. The summed E-state index contributed by atoms with van der Waals surface area (Å²) in [7, 11) is 0. The second-order valence-electron chi connectivity index (χ2n) is 6.48. The van der Waals surface area contributed by atoms with E-state index in [0.717, 1.165) is 22.9 Å². The third-order valence-electron chi connectivity index (χ3n) is 3.57. The average Bonchev–Trinajstić information content (AvgIpc) is 2.54. The van der Waals surface area contributed by atoms with Crippen molar-refractivity contribution in [3.05, 3.63) is 59.8 Å². The fourth-order valence-corrected chi connectivity index (χ4v) is 2.67. The van der Waals surface area contributed by atoms with E-state index in [-0.39, 0.29) is 6.04 Å². The smallest absolute Gasteiger partial charge is 0.225 e. The Hall–Kier alpha value is -2.95. The Balaban J connectivity index is 1.99. The molecule has 0 saturated heterocycles. The predicted octanol–water partition coefficient (Wildman–Crippen LogP) is 4.72. The van der Waals surface area contributed by atoms with Crippen molar-refractivity contribution in [2.75, 3.05) is 10.6 Å². The van der Waals surface area contributed by atoms with E-state index in [0.29, 0.717) is 5.95 Å². The molecule has 0 spiro atoms. The summed E-state index contributed by atoms with van der Waals surface area (Å²) in [4.78, 5) is 13.6. The minimum Gasteiger partial charge on any atom is -0.352 e. The number of aromatic nitrogens is 3. The molecular weight excluding hydrogens is 310 g/mol. The van der Waals surface area contributed by atoms with Crippen molar-refractivity contribution in [1.82, 2.24) is 15.0 Å². The van der Waals surface area contributed by atoms with Gasteiger partial charge in [-0.3, -0.25) is 4.98 Å². The molecule has 1 aromatic carbocycles. The van der Waals surface area contributed by atoms with Gasteiger partial charge in [0.2, 0.25) is 5.95 Å². The van der Waals surface area contributed by atoms with Gasteiger partial charge in [-0.1, -0.05) is 12.1 Å². The van der Waals surface area contributed by atoms with Crippen LogP contribution in [0.15, 0.2) is 48.7 Å². The summed E-state index contributed by atoms with van der Waals surface area (Å²) in [6, 6.07) is 14.3. The summed E-state index contributed by atoms with van der Waals surface area (Å²) in [6.45, 7) is 8.30. The van der Waals surface area contributed by atoms with E-state index in [4.69, 9.17) is 0 Å². The first-order valence-electron chi connectivity index (χ1n) is 8.42. The topological polar surface area (TPSA) is 62.7 Å². The van der Waals surface area contributed by atoms with Crippen molar-refractivity contribution in [3.63, 3.8) is 0 Å². The zero-order valence-corrected chi connectivity index (χ0v) is 15.0. The monoisotopic (exact) mass is 333 g/mol. The molecule has 3 rings (SSSR count). The third kappa shape index (κ3) is 4.53. The second-order valence-corrected chi connectivity index (χ2v) is 6.48. The predicted molar refractivity (Wildman–Crippen MR) is 103 cm³/mol. The number of benzene rings is 1. The van der Waals surface area contributed by atoms with E-state index in [1.54, 1.807) is 6.20 Å². The number of hydrogen-bond acceptors (Lipinski definition) is 5. The van der Waals surface area contributed by atoms with Crippen LogP contribution >= 0.6 is 0 Å². The molecule has 0 aliphatic heterocycles. The molecule has 3 aromatic rings. The molecule has 25 heavy (non-hydrogen) atoms. The lowest BCUT2D eigenvalue weighted by atomic mass is 10.1. The molecule has 0 atom stereocenters. The van der Waals surface area contributed by atoms with Gasteiger partial charge in [0, 0.05) is 24.0 Å². The molecule has 0 saturated carbocycles. The van der Waals surface area contributed by atoms with Crippen LogP contribution in [-0.4, -0.2) is 21.0 Å². The van der Waals surface area contributed by atoms with Crippen molar-refractivity contribution in [2.45, 2.75) is 33.7 Å². The lowest BCUT2D eigenvalue weighted by Crippen LogP contribution is -2.13. The third-order valence-corrected chi connectivity index (χ3v) is 3.57. The van der Waals surface area contributed by atoms with Gasteiger partial charge in [0.15, 0.2) is 0 Å². The first-order valence-corrected chi connectivity index (χ1v) is 8.42. The Labute approximate surface area is 148 Å². The van der Waals surface area contributed by atoms with Crippen LogP contribution in [0.2, 0.25) is 0 Å². The second kappa shape index (κ2) is 7.30. The number of nitrogens with one attached hydrogen (secondary N) is 2. The number of nitrogens with zero attached hydrogens (tertiary/aromatic N) is 3. The first-order chi connectivity index (χ1) is 12.0. The Morgan fingerprint density at radius 1 is 0.880 bits per heavy atom. The molecule has 0 radical (unpaired) electrons. The molecule has 0 aliphatic carbocycles. The molecule has 0 fully saturated rings. The van der Waals surface area contributed by atoms with E-state index in [1.807, 2.05) is 24.3 Å². The molecule has 2 heterocycles. The summed E-state index contributed by atoms with van der Waals surface area (Å²) in [5.41, 5.74) is 5.04. The molecular formula is C20H23N5. The summed E-state index contributed by atoms with van der Waals surface area (Å²) >= 11 is 0. The van der Waals surface area contributed by atoms with E-state index in [2.05, 4.69) is 71.5 Å². The highest BCUT2D eigenvalue weighted by Crippen LogP contribution is 2.23. The fourth-order valence-electron chi connectivity index (χ4n) is 2.67. The molecule has 5 nitrogen and oxygen atoms in total. The van der Waals surface area contributed by atoms with Crippen molar-refractivity contribution in [2.24, 2.45) is 0 Å². The normalized spacial score (nSPS) is 10.8. The SMILES string of the molecule is Cc1cc(C)cc(Nc2cc(-c3ccccn3)nc(NC(C)C)n2)c1. The number of rotatable bonds is 5. The van der Waals surface area contributed by atoms with E-state index < -0.39 is 0 Å². The van der Waals surface area contributed by atoms with Crippen LogP contribution in [0.3, 0.4) is 0 Å². The standard InChI is InChI=1S/C20H23N5/c1-13(2)22-20-24-18(17-7-5-6-8-21-17)12-19(25-20)23-16-10-14(3)9-15(4)11-16/h5-13H,1-4H3,(H2,22,23,24,25). The molecule has 0 amide bonds. The number of hydrogen-bond donors (Lipinski definition) is 2. The van der Waals surface area contributed by atoms with Gasteiger partial charge < -0.3 is 10.6 Å². The molecule has 0 bridgehead atoms. The summed E-state index contributed by atoms with van der Waals surface area (Å²) in [6.07, 6.45) is 1.77. The minimum atomic E-state index is 0.244. The molecule has 5 heteroatoms. The first kappa shape index (κ1) is 16.9. The lowest BCUT2D eigenvalue weighted by molar-refractivity contribution is 0.875. The van der Waals surface area contributed by atoms with Gasteiger partial charge in [-0.05, 0) is 63.1 Å². The Morgan fingerprint density at radius 2 is 1.64 bits per heavy atom. The Kier molecular flexibility index (Phi) is 4.93. The van der Waals surface area contributed by atoms with Crippen LogP contribution in [0.4, 0.5) is 17.5 Å². The lowest BCUT2D eigenvalue weighted by Gasteiger charge is -2.13. The highest BCUT2D eigenvalue weighted by molar-refractivity contribution is 5.66. The maximum absolute atomic E-state index is 4.60. The van der Waals surface area contributed by atoms with Crippen LogP contribution in [0.25, 0.3) is 11.4 Å². The molecule has 2 aromatic heterocycles. The van der Waals surface area contributed by atoms with E-state index in [9.17, 15) is 0 Å². The largest absolute Gasteiger partial charge is 0.352 e. The van der Waals surface area contributed by atoms with Crippen molar-refractivity contribution in [3.8, 4) is 11.4 Å². The minimum absolute atomic E-state index is 0.244. The van der Waals surface area contributed by atoms with Gasteiger partial charge in [0.25, 0.3) is 0 Å². The van der Waals surface area contributed by atoms with Crippen LogP contribution < -0.4 is 10.6 Å². The van der Waals surface area contributed by atoms with Crippen molar-refractivity contribution < 1.29 is 0 Å². The number of pyridine rings is 1. The fraction of sp³-hybridized carbons (Fsp3) is 0.250. The van der Waals surface area contributed by atoms with Crippen LogP contribution in [0, 0.1) is 13.8 Å². The maximum Gasteiger partial charge on any atom is 0.225 e. The Morgan fingerprint density at radius 3 is 2.28 bits per heavy atom. The number of anilines is 3. The number of aryl methyl sites for hydroxylation is 2. The summed E-state index contributed by atoms with van der Waals surface area (Å²) in [5.74, 6) is 1.33. The van der Waals surface area contributed by atoms with Crippen LogP contribution in [0.1, 0.15) is 25.0 Å². The summed E-state index contributed by atoms with van der Waals surface area (Å²) in [5, 5.41) is 6.66. The van der Waals surface area contributed by atoms with Gasteiger partial charge in [0.1, 0.15) is 5.82 Å². The zero-order valence-electron chi connectivity index (χ0n) is 15.0. The van der Waals surface area contributed by atoms with E-state index >= 15 is 0 Å². The van der Waals surface area contributed by atoms with Gasteiger partial charge in [-0.2, -0.15) is 4.98 Å².